The average Bonchev–Trinajstić information content (AvgIpc) is 2.15. The second kappa shape index (κ2) is 5.04. The number of hydrogen-bond acceptors (Lipinski definition) is 4. The third kappa shape index (κ3) is 2.87. The Kier molecular flexibility index (Phi) is 3.98. The zero-order chi connectivity index (χ0) is 11.4. The number of benzene rings is 1. The summed E-state index contributed by atoms with van der Waals surface area (Å²) in [5, 5.41) is 10.6. The highest BCUT2D eigenvalue weighted by molar-refractivity contribution is 9.10. The number of hydrogen-bond donors (Lipinski definition) is 1. The molecule has 0 aliphatic rings. The summed E-state index contributed by atoms with van der Waals surface area (Å²) in [7, 11) is 0. The number of nitrogens with zero attached hydrogens (tertiary/aromatic N) is 1. The Bertz CT molecular complexity index is 386. The maximum atomic E-state index is 12.9. The molecule has 0 aliphatic carbocycles. The molecule has 15 heavy (non-hydrogen) atoms. The molecule has 0 saturated heterocycles. The van der Waals surface area contributed by atoms with E-state index in [1.165, 1.54) is 0 Å². The lowest BCUT2D eigenvalue weighted by Gasteiger charge is -2.07. The van der Waals surface area contributed by atoms with Crippen molar-refractivity contribution in [1.82, 2.24) is 0 Å². The standard InChI is InChI=1S/C8H8BrFN2O3/c9-6-3-5(10)4-7(12(13)14)8(6)15-2-1-11/h3-4H,1-2,11H2. The molecule has 1 aromatic rings. The van der Waals surface area contributed by atoms with Crippen molar-refractivity contribution in [2.45, 2.75) is 0 Å². The van der Waals surface area contributed by atoms with Gasteiger partial charge >= 0.3 is 5.69 Å². The topological polar surface area (TPSA) is 78.4 Å². The van der Waals surface area contributed by atoms with Crippen molar-refractivity contribution in [3.05, 3.63) is 32.5 Å². The Balaban J connectivity index is 3.15. The molecule has 0 atom stereocenters. The van der Waals surface area contributed by atoms with Crippen LogP contribution in [0.25, 0.3) is 0 Å². The van der Waals surface area contributed by atoms with Crippen LogP contribution in [-0.2, 0) is 0 Å². The lowest BCUT2D eigenvalue weighted by atomic mass is 10.3. The van der Waals surface area contributed by atoms with E-state index in [1.807, 2.05) is 0 Å². The largest absolute Gasteiger partial charge is 0.485 e. The molecule has 5 nitrogen and oxygen atoms in total. The molecule has 0 saturated carbocycles. The summed E-state index contributed by atoms with van der Waals surface area (Å²) in [6, 6.07) is 1.90. The highest BCUT2D eigenvalue weighted by Crippen LogP contribution is 2.35. The first-order valence-electron chi connectivity index (χ1n) is 4.02. The Labute approximate surface area is 93.3 Å². The predicted octanol–water partition coefficient (Wildman–Crippen LogP) is 1.83. The lowest BCUT2D eigenvalue weighted by molar-refractivity contribution is -0.386. The van der Waals surface area contributed by atoms with Gasteiger partial charge in [0.2, 0.25) is 5.75 Å². The Hall–Kier alpha value is -1.21. The minimum atomic E-state index is -0.709. The molecule has 0 fully saturated rings. The number of nitrogens with two attached hydrogens (primary N) is 1. The number of halogens is 2. The van der Waals surface area contributed by atoms with Crippen LogP contribution in [0, 0.1) is 15.9 Å². The van der Waals surface area contributed by atoms with Crippen molar-refractivity contribution in [2.24, 2.45) is 5.73 Å². The maximum absolute atomic E-state index is 12.9. The van der Waals surface area contributed by atoms with Crippen molar-refractivity contribution in [1.29, 1.82) is 0 Å². The molecule has 1 aromatic carbocycles. The zero-order valence-corrected chi connectivity index (χ0v) is 9.16. The van der Waals surface area contributed by atoms with E-state index in [0.29, 0.717) is 0 Å². The fraction of sp³-hybridized carbons (Fsp3) is 0.250. The third-order valence-corrected chi connectivity index (χ3v) is 2.14. The molecule has 0 amide bonds. The lowest BCUT2D eigenvalue weighted by Crippen LogP contribution is -2.11. The minimum absolute atomic E-state index is 0.00755. The van der Waals surface area contributed by atoms with Crippen LogP contribution >= 0.6 is 15.9 Å². The Morgan fingerprint density at radius 3 is 2.80 bits per heavy atom. The van der Waals surface area contributed by atoms with Gasteiger partial charge in [-0.15, -0.1) is 0 Å². The molecule has 0 bridgehead atoms. The monoisotopic (exact) mass is 278 g/mol. The van der Waals surface area contributed by atoms with Gasteiger partial charge in [-0.3, -0.25) is 10.1 Å². The summed E-state index contributed by atoms with van der Waals surface area (Å²) in [4.78, 5) is 9.89. The fourth-order valence-electron chi connectivity index (χ4n) is 0.986. The smallest absolute Gasteiger partial charge is 0.315 e. The molecule has 82 valence electrons. The summed E-state index contributed by atoms with van der Waals surface area (Å²) in [6.45, 7) is 0.353. The summed E-state index contributed by atoms with van der Waals surface area (Å²) >= 11 is 2.99. The van der Waals surface area contributed by atoms with Crippen LogP contribution in [0.1, 0.15) is 0 Å². The zero-order valence-electron chi connectivity index (χ0n) is 7.57. The summed E-state index contributed by atoms with van der Waals surface area (Å²) in [5.74, 6) is -0.708. The number of nitro groups is 1. The first-order valence-corrected chi connectivity index (χ1v) is 4.82. The number of rotatable bonds is 4. The fourth-order valence-corrected chi connectivity index (χ4v) is 1.52. The Morgan fingerprint density at radius 2 is 2.27 bits per heavy atom. The highest BCUT2D eigenvalue weighted by Gasteiger charge is 2.20. The SMILES string of the molecule is NCCOc1c(Br)cc(F)cc1[N+](=O)[O-]. The van der Waals surface area contributed by atoms with Crippen LogP contribution in [0.2, 0.25) is 0 Å². The van der Waals surface area contributed by atoms with Gasteiger partial charge in [-0.05, 0) is 22.0 Å². The molecule has 0 aliphatic heterocycles. The summed E-state index contributed by atoms with van der Waals surface area (Å²) in [5.41, 5.74) is 4.78. The molecule has 7 heteroatoms. The molecule has 1 rings (SSSR count). The van der Waals surface area contributed by atoms with Crippen LogP contribution in [0.4, 0.5) is 10.1 Å². The van der Waals surface area contributed by atoms with Crippen molar-refractivity contribution in [2.75, 3.05) is 13.2 Å². The van der Waals surface area contributed by atoms with Crippen LogP contribution in [0.5, 0.6) is 5.75 Å². The van der Waals surface area contributed by atoms with Gasteiger partial charge in [0.05, 0.1) is 15.5 Å². The van der Waals surface area contributed by atoms with Gasteiger partial charge in [-0.25, -0.2) is 4.39 Å². The second-order valence-electron chi connectivity index (χ2n) is 2.63. The third-order valence-electron chi connectivity index (χ3n) is 1.55. The van der Waals surface area contributed by atoms with Crippen molar-refractivity contribution >= 4 is 21.6 Å². The van der Waals surface area contributed by atoms with Crippen LogP contribution in [0.3, 0.4) is 0 Å². The van der Waals surface area contributed by atoms with E-state index in [9.17, 15) is 14.5 Å². The quantitative estimate of drug-likeness (QED) is 0.673. The molecular weight excluding hydrogens is 271 g/mol. The number of ether oxygens (including phenoxy) is 1. The normalized spacial score (nSPS) is 10.1. The number of nitro benzene ring substituents is 1. The minimum Gasteiger partial charge on any atom is -0.485 e. The molecule has 0 unspecified atom stereocenters. The van der Waals surface area contributed by atoms with Gasteiger partial charge in [0.1, 0.15) is 12.4 Å². The second-order valence-corrected chi connectivity index (χ2v) is 3.48. The van der Waals surface area contributed by atoms with E-state index in [4.69, 9.17) is 10.5 Å². The molecule has 0 aromatic heterocycles. The van der Waals surface area contributed by atoms with E-state index in [2.05, 4.69) is 15.9 Å². The molecule has 2 N–H and O–H groups in total. The first kappa shape index (κ1) is 11.9. The molecule has 0 spiro atoms. The molecule has 0 heterocycles. The summed E-state index contributed by atoms with van der Waals surface area (Å²) < 4.78 is 18.1. The maximum Gasteiger partial charge on any atom is 0.315 e. The van der Waals surface area contributed by atoms with E-state index in [-0.39, 0.29) is 23.4 Å². The van der Waals surface area contributed by atoms with Gasteiger partial charge < -0.3 is 10.5 Å². The van der Waals surface area contributed by atoms with E-state index in [1.54, 1.807) is 0 Å². The van der Waals surface area contributed by atoms with Crippen molar-refractivity contribution < 1.29 is 14.1 Å². The van der Waals surface area contributed by atoms with Crippen molar-refractivity contribution in [3.63, 3.8) is 0 Å². The van der Waals surface area contributed by atoms with Gasteiger partial charge in [0.25, 0.3) is 0 Å². The van der Waals surface area contributed by atoms with Crippen LogP contribution < -0.4 is 10.5 Å². The van der Waals surface area contributed by atoms with Gasteiger partial charge in [-0.2, -0.15) is 0 Å². The molecule has 0 radical (unpaired) electrons. The average molecular weight is 279 g/mol. The van der Waals surface area contributed by atoms with Gasteiger partial charge in [-0.1, -0.05) is 0 Å². The Morgan fingerprint density at radius 1 is 1.60 bits per heavy atom. The van der Waals surface area contributed by atoms with Gasteiger partial charge in [0.15, 0.2) is 0 Å². The van der Waals surface area contributed by atoms with Crippen LogP contribution in [0.15, 0.2) is 16.6 Å². The van der Waals surface area contributed by atoms with E-state index < -0.39 is 16.4 Å². The van der Waals surface area contributed by atoms with Crippen molar-refractivity contribution in [3.8, 4) is 5.75 Å². The summed E-state index contributed by atoms with van der Waals surface area (Å²) in [6.07, 6.45) is 0. The van der Waals surface area contributed by atoms with Gasteiger partial charge in [0, 0.05) is 6.54 Å². The van der Waals surface area contributed by atoms with E-state index >= 15 is 0 Å². The first-order chi connectivity index (χ1) is 7.06. The van der Waals surface area contributed by atoms with Crippen LogP contribution in [-0.4, -0.2) is 18.1 Å². The molecular formula is C8H8BrFN2O3. The van der Waals surface area contributed by atoms with E-state index in [0.717, 1.165) is 12.1 Å². The highest BCUT2D eigenvalue weighted by atomic mass is 79.9. The predicted molar refractivity (Wildman–Crippen MR) is 55.3 cm³/mol.